The van der Waals surface area contributed by atoms with Gasteiger partial charge < -0.3 is 9.47 Å². The van der Waals surface area contributed by atoms with Crippen molar-refractivity contribution in [3.05, 3.63) is 29.6 Å². The summed E-state index contributed by atoms with van der Waals surface area (Å²) >= 11 is 0. The number of hydrogen-bond donors (Lipinski definition) is 1. The zero-order valence-corrected chi connectivity index (χ0v) is 12.4. The van der Waals surface area contributed by atoms with Gasteiger partial charge in [-0.05, 0) is 38.0 Å². The Morgan fingerprint density at radius 2 is 2.10 bits per heavy atom. The number of methoxy groups -OCH3 is 1. The molecule has 0 amide bonds. The van der Waals surface area contributed by atoms with E-state index >= 15 is 0 Å². The third-order valence-electron chi connectivity index (χ3n) is 3.10. The second-order valence-corrected chi connectivity index (χ2v) is 4.56. The topological polar surface area (TPSA) is 47.6 Å². The normalized spacial score (nSPS) is 13.7. The molecule has 1 aromatic carbocycles. The van der Waals surface area contributed by atoms with Crippen LogP contribution in [-0.2, 0) is 9.53 Å². The number of hydrogen-bond acceptors (Lipinski definition) is 4. The molecule has 2 atom stereocenters. The second-order valence-electron chi connectivity index (χ2n) is 4.56. The maximum Gasteiger partial charge on any atom is 0.327 e. The molecule has 0 bridgehead atoms. The first-order valence-corrected chi connectivity index (χ1v) is 6.79. The number of carbonyl (C=O) groups is 1. The van der Waals surface area contributed by atoms with E-state index in [1.54, 1.807) is 13.0 Å². The Morgan fingerprint density at radius 3 is 2.60 bits per heavy atom. The molecule has 0 aromatic heterocycles. The molecule has 2 unspecified atom stereocenters. The molecule has 0 aliphatic heterocycles. The van der Waals surface area contributed by atoms with Crippen molar-refractivity contribution >= 4 is 5.97 Å². The van der Waals surface area contributed by atoms with Crippen LogP contribution >= 0.6 is 0 Å². The molecule has 1 N–H and O–H groups in total. The van der Waals surface area contributed by atoms with E-state index in [2.05, 4.69) is 5.32 Å². The standard InChI is InChI=1S/C15H22FNO3/c1-5-10(3)17-14(15(18)20-6-2)11-7-8-13(19-4)12(16)9-11/h7-10,14,17H,5-6H2,1-4H3. The largest absolute Gasteiger partial charge is 0.494 e. The molecule has 1 aromatic rings. The van der Waals surface area contributed by atoms with E-state index in [9.17, 15) is 9.18 Å². The second kappa shape index (κ2) is 7.85. The zero-order chi connectivity index (χ0) is 15.1. The lowest BCUT2D eigenvalue weighted by Gasteiger charge is -2.21. The monoisotopic (exact) mass is 283 g/mol. The molecular formula is C15H22FNO3. The molecule has 0 radical (unpaired) electrons. The number of ether oxygens (including phenoxy) is 2. The highest BCUT2D eigenvalue weighted by atomic mass is 19.1. The Kier molecular flexibility index (Phi) is 6.45. The van der Waals surface area contributed by atoms with Gasteiger partial charge >= 0.3 is 5.97 Å². The Hall–Kier alpha value is -1.62. The zero-order valence-electron chi connectivity index (χ0n) is 12.4. The molecule has 112 valence electrons. The van der Waals surface area contributed by atoms with Crippen LogP contribution < -0.4 is 10.1 Å². The summed E-state index contributed by atoms with van der Waals surface area (Å²) in [4.78, 5) is 12.0. The van der Waals surface area contributed by atoms with Crippen LogP contribution in [0.2, 0.25) is 0 Å². The first kappa shape index (κ1) is 16.4. The summed E-state index contributed by atoms with van der Waals surface area (Å²) in [6.07, 6.45) is 0.856. The number of benzene rings is 1. The van der Waals surface area contributed by atoms with Gasteiger partial charge in [0, 0.05) is 6.04 Å². The first-order chi connectivity index (χ1) is 9.53. The predicted molar refractivity (Wildman–Crippen MR) is 75.2 cm³/mol. The molecule has 0 spiro atoms. The van der Waals surface area contributed by atoms with Crippen molar-refractivity contribution in [2.24, 2.45) is 0 Å². The minimum Gasteiger partial charge on any atom is -0.494 e. The van der Waals surface area contributed by atoms with Crippen LogP contribution in [0.3, 0.4) is 0 Å². The van der Waals surface area contributed by atoms with Crippen LogP contribution in [-0.4, -0.2) is 25.7 Å². The number of rotatable bonds is 7. The lowest BCUT2D eigenvalue weighted by atomic mass is 10.0. The van der Waals surface area contributed by atoms with Crippen LogP contribution in [0.5, 0.6) is 5.75 Å². The summed E-state index contributed by atoms with van der Waals surface area (Å²) < 4.78 is 23.7. The van der Waals surface area contributed by atoms with Gasteiger partial charge in [-0.2, -0.15) is 0 Å². The summed E-state index contributed by atoms with van der Waals surface area (Å²) in [7, 11) is 1.40. The van der Waals surface area contributed by atoms with Crippen molar-refractivity contribution in [2.75, 3.05) is 13.7 Å². The highest BCUT2D eigenvalue weighted by molar-refractivity contribution is 5.77. The molecule has 0 heterocycles. The molecule has 20 heavy (non-hydrogen) atoms. The summed E-state index contributed by atoms with van der Waals surface area (Å²) in [5.74, 6) is -0.748. The Labute approximate surface area is 119 Å². The molecule has 1 rings (SSSR count). The van der Waals surface area contributed by atoms with E-state index in [-0.39, 0.29) is 18.4 Å². The van der Waals surface area contributed by atoms with E-state index in [0.29, 0.717) is 5.56 Å². The van der Waals surface area contributed by atoms with Crippen LogP contribution in [0.1, 0.15) is 38.8 Å². The molecule has 0 aliphatic rings. The van der Waals surface area contributed by atoms with Crippen LogP contribution in [0.25, 0.3) is 0 Å². The van der Waals surface area contributed by atoms with Gasteiger partial charge in [-0.3, -0.25) is 5.32 Å². The maximum atomic E-state index is 13.8. The van der Waals surface area contributed by atoms with E-state index in [0.717, 1.165) is 6.42 Å². The maximum absolute atomic E-state index is 13.8. The van der Waals surface area contributed by atoms with Crippen molar-refractivity contribution in [3.63, 3.8) is 0 Å². The fourth-order valence-corrected chi connectivity index (χ4v) is 1.79. The lowest BCUT2D eigenvalue weighted by molar-refractivity contribution is -0.146. The molecule has 0 saturated heterocycles. The van der Waals surface area contributed by atoms with Crippen LogP contribution in [0, 0.1) is 5.82 Å². The van der Waals surface area contributed by atoms with Crippen molar-refractivity contribution < 1.29 is 18.7 Å². The number of halogens is 1. The van der Waals surface area contributed by atoms with E-state index < -0.39 is 17.8 Å². The first-order valence-electron chi connectivity index (χ1n) is 6.79. The fourth-order valence-electron chi connectivity index (χ4n) is 1.79. The van der Waals surface area contributed by atoms with Gasteiger partial charge in [0.15, 0.2) is 11.6 Å². The number of esters is 1. The van der Waals surface area contributed by atoms with Crippen LogP contribution in [0.15, 0.2) is 18.2 Å². The molecular weight excluding hydrogens is 261 g/mol. The van der Waals surface area contributed by atoms with E-state index in [4.69, 9.17) is 9.47 Å². The van der Waals surface area contributed by atoms with Crippen molar-refractivity contribution in [2.45, 2.75) is 39.3 Å². The van der Waals surface area contributed by atoms with Gasteiger partial charge in [-0.25, -0.2) is 9.18 Å². The highest BCUT2D eigenvalue weighted by Gasteiger charge is 2.24. The number of nitrogens with one attached hydrogen (secondary N) is 1. The summed E-state index contributed by atoms with van der Waals surface area (Å²) in [6, 6.07) is 3.92. The quantitative estimate of drug-likeness (QED) is 0.782. The fraction of sp³-hybridized carbons (Fsp3) is 0.533. The summed E-state index contributed by atoms with van der Waals surface area (Å²) in [5, 5.41) is 3.15. The van der Waals surface area contributed by atoms with Crippen LogP contribution in [0.4, 0.5) is 4.39 Å². The molecule has 5 heteroatoms. The van der Waals surface area contributed by atoms with Crippen molar-refractivity contribution in [1.82, 2.24) is 5.32 Å². The SMILES string of the molecule is CCOC(=O)C(NC(C)CC)c1ccc(OC)c(F)c1. The van der Waals surface area contributed by atoms with E-state index in [1.165, 1.54) is 19.2 Å². The van der Waals surface area contributed by atoms with E-state index in [1.807, 2.05) is 13.8 Å². The molecule has 0 fully saturated rings. The van der Waals surface area contributed by atoms with Gasteiger partial charge in [0.1, 0.15) is 6.04 Å². The smallest absolute Gasteiger partial charge is 0.327 e. The average Bonchev–Trinajstić information content (AvgIpc) is 2.44. The van der Waals surface area contributed by atoms with Crippen molar-refractivity contribution in [3.8, 4) is 5.75 Å². The van der Waals surface area contributed by atoms with Gasteiger partial charge in [-0.15, -0.1) is 0 Å². The van der Waals surface area contributed by atoms with Gasteiger partial charge in [0.2, 0.25) is 0 Å². The Bertz CT molecular complexity index is 451. The molecule has 0 saturated carbocycles. The van der Waals surface area contributed by atoms with Gasteiger partial charge in [0.05, 0.1) is 13.7 Å². The number of carbonyl (C=O) groups excluding carboxylic acids is 1. The highest BCUT2D eigenvalue weighted by Crippen LogP contribution is 2.23. The van der Waals surface area contributed by atoms with Gasteiger partial charge in [0.25, 0.3) is 0 Å². The summed E-state index contributed by atoms with van der Waals surface area (Å²) in [6.45, 7) is 6.00. The van der Waals surface area contributed by atoms with Crippen molar-refractivity contribution in [1.29, 1.82) is 0 Å². The predicted octanol–water partition coefficient (Wildman–Crippen LogP) is 2.83. The minimum absolute atomic E-state index is 0.120. The van der Waals surface area contributed by atoms with Gasteiger partial charge in [-0.1, -0.05) is 13.0 Å². The lowest BCUT2D eigenvalue weighted by Crippen LogP contribution is -2.36. The molecule has 4 nitrogen and oxygen atoms in total. The molecule has 0 aliphatic carbocycles. The third-order valence-corrected chi connectivity index (χ3v) is 3.10. The summed E-state index contributed by atoms with van der Waals surface area (Å²) in [5.41, 5.74) is 0.530. The Balaban J connectivity index is 3.02. The third kappa shape index (κ3) is 4.20. The average molecular weight is 283 g/mol. The Morgan fingerprint density at radius 1 is 1.40 bits per heavy atom. The minimum atomic E-state index is -0.676.